The highest BCUT2D eigenvalue weighted by molar-refractivity contribution is 6.32. The number of benzene rings is 3. The number of anilines is 1. The maximum Gasteiger partial charge on any atom is 0.262 e. The van der Waals surface area contributed by atoms with Crippen molar-refractivity contribution in [2.24, 2.45) is 0 Å². The van der Waals surface area contributed by atoms with Gasteiger partial charge in [-0.1, -0.05) is 41.9 Å². The highest BCUT2D eigenvalue weighted by atomic mass is 35.5. The van der Waals surface area contributed by atoms with Crippen molar-refractivity contribution in [2.45, 2.75) is 6.92 Å². The van der Waals surface area contributed by atoms with E-state index in [2.05, 4.69) is 5.32 Å². The summed E-state index contributed by atoms with van der Waals surface area (Å²) in [6.45, 7) is 1.91. The molecule has 0 aliphatic carbocycles. The maximum absolute atomic E-state index is 12.0. The molecule has 132 valence electrons. The molecule has 5 heteroatoms. The van der Waals surface area contributed by atoms with Gasteiger partial charge in [0.15, 0.2) is 6.61 Å². The third kappa shape index (κ3) is 5.01. The molecule has 1 amide bonds. The molecule has 0 aliphatic rings. The number of amides is 1. The van der Waals surface area contributed by atoms with Gasteiger partial charge in [-0.3, -0.25) is 4.79 Å². The second kappa shape index (κ2) is 8.41. The Bertz CT molecular complexity index is 897. The molecule has 0 saturated heterocycles. The Labute approximate surface area is 157 Å². The summed E-state index contributed by atoms with van der Waals surface area (Å²) in [5, 5.41) is 3.16. The maximum atomic E-state index is 12.0. The first-order chi connectivity index (χ1) is 12.6. The molecule has 0 saturated carbocycles. The van der Waals surface area contributed by atoms with Gasteiger partial charge in [-0.2, -0.15) is 0 Å². The van der Waals surface area contributed by atoms with Gasteiger partial charge in [-0.15, -0.1) is 0 Å². The Kier molecular flexibility index (Phi) is 5.77. The van der Waals surface area contributed by atoms with Crippen molar-refractivity contribution in [3.63, 3.8) is 0 Å². The first kappa shape index (κ1) is 17.8. The van der Waals surface area contributed by atoms with Crippen LogP contribution in [0, 0.1) is 6.92 Å². The smallest absolute Gasteiger partial charge is 0.262 e. The van der Waals surface area contributed by atoms with Crippen molar-refractivity contribution in [1.29, 1.82) is 0 Å². The van der Waals surface area contributed by atoms with Crippen LogP contribution >= 0.6 is 11.6 Å². The quantitative estimate of drug-likeness (QED) is 0.629. The van der Waals surface area contributed by atoms with Crippen LogP contribution in [0.15, 0.2) is 72.8 Å². The Balaban J connectivity index is 1.59. The molecule has 0 unspecified atom stereocenters. The van der Waals surface area contributed by atoms with E-state index in [0.717, 1.165) is 5.56 Å². The van der Waals surface area contributed by atoms with Crippen molar-refractivity contribution in [2.75, 3.05) is 11.9 Å². The van der Waals surface area contributed by atoms with Gasteiger partial charge in [0.2, 0.25) is 0 Å². The van der Waals surface area contributed by atoms with Gasteiger partial charge in [-0.25, -0.2) is 0 Å². The molecule has 0 spiro atoms. The van der Waals surface area contributed by atoms with Crippen molar-refractivity contribution in [3.05, 3.63) is 83.4 Å². The molecule has 0 bridgehead atoms. The van der Waals surface area contributed by atoms with Crippen LogP contribution in [-0.4, -0.2) is 12.5 Å². The minimum absolute atomic E-state index is 0.0802. The van der Waals surface area contributed by atoms with Gasteiger partial charge in [0.25, 0.3) is 5.91 Å². The number of carbonyl (C=O) groups is 1. The van der Waals surface area contributed by atoms with E-state index >= 15 is 0 Å². The van der Waals surface area contributed by atoms with E-state index in [1.54, 1.807) is 30.3 Å². The van der Waals surface area contributed by atoms with Crippen LogP contribution in [0.25, 0.3) is 0 Å². The van der Waals surface area contributed by atoms with Crippen LogP contribution < -0.4 is 14.8 Å². The summed E-state index contributed by atoms with van der Waals surface area (Å²) in [7, 11) is 0. The number of hydrogen-bond donors (Lipinski definition) is 1. The Morgan fingerprint density at radius 3 is 2.46 bits per heavy atom. The lowest BCUT2D eigenvalue weighted by Crippen LogP contribution is -2.20. The molecular weight excluding hydrogens is 350 g/mol. The number of ether oxygens (including phenoxy) is 2. The van der Waals surface area contributed by atoms with E-state index in [9.17, 15) is 4.79 Å². The van der Waals surface area contributed by atoms with Crippen molar-refractivity contribution < 1.29 is 14.3 Å². The molecule has 3 aromatic rings. The average Bonchev–Trinajstić information content (AvgIpc) is 2.63. The number of rotatable bonds is 6. The summed E-state index contributed by atoms with van der Waals surface area (Å²) in [5.74, 6) is 1.61. The molecule has 4 nitrogen and oxygen atoms in total. The first-order valence-electron chi connectivity index (χ1n) is 8.12. The molecule has 0 radical (unpaired) electrons. The summed E-state index contributed by atoms with van der Waals surface area (Å²) < 4.78 is 11.2. The normalized spacial score (nSPS) is 10.2. The number of hydrogen-bond acceptors (Lipinski definition) is 3. The average molecular weight is 368 g/mol. The fourth-order valence-electron chi connectivity index (χ4n) is 2.33. The molecular formula is C21H18ClNO3. The standard InChI is InChI=1S/C21H18ClNO3/c1-15-6-5-9-18(12-15)26-20-11-10-16(13-19(20)22)23-21(24)14-25-17-7-3-2-4-8-17/h2-13H,14H2,1H3,(H,23,24). The Morgan fingerprint density at radius 2 is 1.73 bits per heavy atom. The summed E-state index contributed by atoms with van der Waals surface area (Å²) in [5.41, 5.74) is 1.68. The number of halogens is 1. The topological polar surface area (TPSA) is 47.6 Å². The van der Waals surface area contributed by atoms with E-state index in [0.29, 0.717) is 28.0 Å². The third-order valence-electron chi connectivity index (χ3n) is 3.55. The van der Waals surface area contributed by atoms with Crippen molar-refractivity contribution >= 4 is 23.2 Å². The number of carbonyl (C=O) groups excluding carboxylic acids is 1. The fraction of sp³-hybridized carbons (Fsp3) is 0.0952. The molecule has 0 atom stereocenters. The lowest BCUT2D eigenvalue weighted by Gasteiger charge is -2.11. The van der Waals surface area contributed by atoms with Gasteiger partial charge in [-0.05, 0) is 55.0 Å². The SMILES string of the molecule is Cc1cccc(Oc2ccc(NC(=O)COc3ccccc3)cc2Cl)c1. The monoisotopic (exact) mass is 367 g/mol. The Morgan fingerprint density at radius 1 is 0.962 bits per heavy atom. The summed E-state index contributed by atoms with van der Waals surface area (Å²) in [4.78, 5) is 12.0. The second-order valence-corrected chi connectivity index (χ2v) is 6.12. The van der Waals surface area contributed by atoms with E-state index in [1.165, 1.54) is 0 Å². The van der Waals surface area contributed by atoms with Crippen molar-refractivity contribution in [3.8, 4) is 17.2 Å². The first-order valence-corrected chi connectivity index (χ1v) is 8.50. The number of para-hydroxylation sites is 1. The van der Waals surface area contributed by atoms with Crippen molar-refractivity contribution in [1.82, 2.24) is 0 Å². The summed E-state index contributed by atoms with van der Waals surface area (Å²) in [6.07, 6.45) is 0. The van der Waals surface area contributed by atoms with Crippen LogP contribution in [0.5, 0.6) is 17.2 Å². The minimum Gasteiger partial charge on any atom is -0.484 e. The lowest BCUT2D eigenvalue weighted by molar-refractivity contribution is -0.118. The molecule has 0 aromatic heterocycles. The van der Waals surface area contributed by atoms with Crippen LogP contribution in [0.1, 0.15) is 5.56 Å². The van der Waals surface area contributed by atoms with Gasteiger partial charge < -0.3 is 14.8 Å². The van der Waals surface area contributed by atoms with Gasteiger partial charge in [0.05, 0.1) is 5.02 Å². The number of nitrogens with one attached hydrogen (secondary N) is 1. The zero-order valence-electron chi connectivity index (χ0n) is 14.2. The molecule has 0 heterocycles. The zero-order valence-corrected chi connectivity index (χ0v) is 15.0. The van der Waals surface area contributed by atoms with Crippen LogP contribution in [0.2, 0.25) is 5.02 Å². The largest absolute Gasteiger partial charge is 0.484 e. The summed E-state index contributed by atoms with van der Waals surface area (Å²) in [6, 6.07) is 22.0. The Hall–Kier alpha value is -2.98. The molecule has 0 fully saturated rings. The van der Waals surface area contributed by atoms with Crippen LogP contribution in [0.3, 0.4) is 0 Å². The lowest BCUT2D eigenvalue weighted by atomic mass is 10.2. The molecule has 1 N–H and O–H groups in total. The third-order valence-corrected chi connectivity index (χ3v) is 3.84. The minimum atomic E-state index is -0.266. The molecule has 3 aromatic carbocycles. The van der Waals surface area contributed by atoms with Gasteiger partial charge >= 0.3 is 0 Å². The predicted octanol–water partition coefficient (Wildman–Crippen LogP) is 5.46. The number of aryl methyl sites for hydroxylation is 1. The van der Waals surface area contributed by atoms with E-state index in [4.69, 9.17) is 21.1 Å². The highest BCUT2D eigenvalue weighted by Crippen LogP contribution is 2.31. The van der Waals surface area contributed by atoms with E-state index < -0.39 is 0 Å². The van der Waals surface area contributed by atoms with Crippen LogP contribution in [-0.2, 0) is 4.79 Å². The molecule has 0 aliphatic heterocycles. The second-order valence-electron chi connectivity index (χ2n) is 5.71. The summed E-state index contributed by atoms with van der Waals surface area (Å²) >= 11 is 6.27. The van der Waals surface area contributed by atoms with Gasteiger partial charge in [0, 0.05) is 5.69 Å². The van der Waals surface area contributed by atoms with E-state index in [1.807, 2.05) is 49.4 Å². The van der Waals surface area contributed by atoms with E-state index in [-0.39, 0.29) is 12.5 Å². The fourth-order valence-corrected chi connectivity index (χ4v) is 2.55. The van der Waals surface area contributed by atoms with Crippen LogP contribution in [0.4, 0.5) is 5.69 Å². The van der Waals surface area contributed by atoms with Gasteiger partial charge in [0.1, 0.15) is 17.2 Å². The molecule has 26 heavy (non-hydrogen) atoms. The highest BCUT2D eigenvalue weighted by Gasteiger charge is 2.08. The zero-order chi connectivity index (χ0) is 18.4. The predicted molar refractivity (Wildman–Crippen MR) is 103 cm³/mol. The molecule has 3 rings (SSSR count).